The molecule has 0 aliphatic carbocycles. The molecule has 0 saturated carbocycles. The summed E-state index contributed by atoms with van der Waals surface area (Å²) in [6.07, 6.45) is 0.691. The predicted octanol–water partition coefficient (Wildman–Crippen LogP) is 1.45. The molecule has 0 bridgehead atoms. The molecule has 1 aromatic rings. The van der Waals surface area contributed by atoms with Gasteiger partial charge in [-0.15, -0.1) is 0 Å². The fourth-order valence-electron chi connectivity index (χ4n) is 2.09. The van der Waals surface area contributed by atoms with E-state index in [1.54, 1.807) is 20.1 Å². The Morgan fingerprint density at radius 1 is 1.56 bits per heavy atom. The van der Waals surface area contributed by atoms with E-state index in [9.17, 15) is 9.59 Å². The molecule has 5 heteroatoms. The van der Waals surface area contributed by atoms with E-state index in [1.807, 2.05) is 6.07 Å². The van der Waals surface area contributed by atoms with Crippen molar-refractivity contribution in [1.82, 2.24) is 0 Å². The van der Waals surface area contributed by atoms with Crippen LogP contribution in [0.3, 0.4) is 0 Å². The van der Waals surface area contributed by atoms with Crippen molar-refractivity contribution in [3.05, 3.63) is 23.3 Å². The lowest BCUT2D eigenvalue weighted by molar-refractivity contribution is -0.141. The van der Waals surface area contributed by atoms with Gasteiger partial charge >= 0.3 is 5.97 Å². The van der Waals surface area contributed by atoms with Crippen LogP contribution >= 0.6 is 0 Å². The minimum atomic E-state index is -0.851. The highest BCUT2D eigenvalue weighted by atomic mass is 16.5. The van der Waals surface area contributed by atoms with E-state index >= 15 is 0 Å². The summed E-state index contributed by atoms with van der Waals surface area (Å²) in [5.41, 5.74) is 2.42. The number of fused-ring (bicyclic) bond motifs is 1. The highest BCUT2D eigenvalue weighted by Crippen LogP contribution is 2.33. The number of hydrogen-bond acceptors (Lipinski definition) is 3. The van der Waals surface area contributed by atoms with Crippen molar-refractivity contribution in [2.75, 3.05) is 12.4 Å². The van der Waals surface area contributed by atoms with Crippen LogP contribution in [0.15, 0.2) is 12.1 Å². The van der Waals surface area contributed by atoms with E-state index in [1.165, 1.54) is 0 Å². The molecule has 1 unspecified atom stereocenters. The van der Waals surface area contributed by atoms with Crippen LogP contribution in [-0.2, 0) is 22.4 Å². The maximum absolute atomic E-state index is 11.4. The normalized spacial score (nSPS) is 14.9. The molecule has 0 spiro atoms. The van der Waals surface area contributed by atoms with Crippen molar-refractivity contribution in [3.8, 4) is 5.75 Å². The summed E-state index contributed by atoms with van der Waals surface area (Å²) in [7, 11) is 1.55. The minimum Gasteiger partial charge on any atom is -0.497 e. The van der Waals surface area contributed by atoms with Crippen molar-refractivity contribution < 1.29 is 19.4 Å². The number of benzene rings is 1. The fraction of sp³-hybridized carbons (Fsp3) is 0.385. The van der Waals surface area contributed by atoms with Gasteiger partial charge in [0.2, 0.25) is 5.91 Å². The molecule has 0 saturated heterocycles. The maximum Gasteiger partial charge on any atom is 0.306 e. The number of carbonyl (C=O) groups excluding carboxylic acids is 1. The fourth-order valence-corrected chi connectivity index (χ4v) is 2.09. The number of carbonyl (C=O) groups is 2. The van der Waals surface area contributed by atoms with Gasteiger partial charge in [0.05, 0.1) is 19.4 Å². The van der Waals surface area contributed by atoms with Gasteiger partial charge in [0.1, 0.15) is 5.75 Å². The third-order valence-corrected chi connectivity index (χ3v) is 3.07. The third kappa shape index (κ3) is 2.30. The molecule has 0 fully saturated rings. The molecular weight excluding hydrogens is 234 g/mol. The minimum absolute atomic E-state index is 0.0671. The van der Waals surface area contributed by atoms with Gasteiger partial charge in [0.15, 0.2) is 0 Å². The Hall–Kier alpha value is -2.04. The number of carboxylic acids is 1. The molecule has 1 aromatic carbocycles. The predicted molar refractivity (Wildman–Crippen MR) is 65.8 cm³/mol. The molecule has 0 radical (unpaired) electrons. The Morgan fingerprint density at radius 3 is 2.89 bits per heavy atom. The van der Waals surface area contributed by atoms with E-state index in [2.05, 4.69) is 5.32 Å². The van der Waals surface area contributed by atoms with Crippen LogP contribution in [0.2, 0.25) is 0 Å². The quantitative estimate of drug-likeness (QED) is 0.846. The smallest absolute Gasteiger partial charge is 0.306 e. The Morgan fingerprint density at radius 2 is 2.28 bits per heavy atom. The first kappa shape index (κ1) is 12.4. The van der Waals surface area contributed by atoms with Crippen LogP contribution in [0.4, 0.5) is 5.69 Å². The SMILES string of the molecule is COc1cc2c(c(CC(C)C(=O)O)c1)NC(=O)C2. The zero-order chi connectivity index (χ0) is 13.3. The van der Waals surface area contributed by atoms with E-state index in [0.29, 0.717) is 18.6 Å². The molecule has 1 amide bonds. The summed E-state index contributed by atoms with van der Waals surface area (Å²) in [5.74, 6) is -0.769. The first-order valence-electron chi connectivity index (χ1n) is 5.73. The summed E-state index contributed by atoms with van der Waals surface area (Å²) in [5, 5.41) is 11.7. The molecule has 18 heavy (non-hydrogen) atoms. The van der Waals surface area contributed by atoms with Crippen molar-refractivity contribution in [2.45, 2.75) is 19.8 Å². The molecule has 96 valence electrons. The molecule has 1 aliphatic rings. The van der Waals surface area contributed by atoms with Crippen LogP contribution in [0.5, 0.6) is 5.75 Å². The first-order valence-corrected chi connectivity index (χ1v) is 5.73. The van der Waals surface area contributed by atoms with Crippen molar-refractivity contribution >= 4 is 17.6 Å². The van der Waals surface area contributed by atoms with Gasteiger partial charge < -0.3 is 15.2 Å². The molecule has 5 nitrogen and oxygen atoms in total. The van der Waals surface area contributed by atoms with Crippen LogP contribution in [0.1, 0.15) is 18.1 Å². The number of nitrogens with one attached hydrogen (secondary N) is 1. The summed E-state index contributed by atoms with van der Waals surface area (Å²) in [6.45, 7) is 1.64. The van der Waals surface area contributed by atoms with Crippen LogP contribution in [-0.4, -0.2) is 24.1 Å². The highest BCUT2D eigenvalue weighted by Gasteiger charge is 2.24. The monoisotopic (exact) mass is 249 g/mol. The van der Waals surface area contributed by atoms with E-state index < -0.39 is 11.9 Å². The zero-order valence-electron chi connectivity index (χ0n) is 10.3. The summed E-state index contributed by atoms with van der Waals surface area (Å²) < 4.78 is 5.17. The van der Waals surface area contributed by atoms with Gasteiger partial charge in [0.25, 0.3) is 0 Å². The molecule has 2 rings (SSSR count). The molecule has 0 aromatic heterocycles. The second kappa shape index (κ2) is 4.68. The lowest BCUT2D eigenvalue weighted by atomic mass is 9.97. The van der Waals surface area contributed by atoms with E-state index in [4.69, 9.17) is 9.84 Å². The lowest BCUT2D eigenvalue weighted by Gasteiger charge is -2.13. The average molecular weight is 249 g/mol. The highest BCUT2D eigenvalue weighted by molar-refractivity contribution is 6.00. The number of rotatable bonds is 4. The summed E-state index contributed by atoms with van der Waals surface area (Å²) >= 11 is 0. The zero-order valence-corrected chi connectivity index (χ0v) is 10.3. The van der Waals surface area contributed by atoms with Crippen LogP contribution in [0, 0.1) is 5.92 Å². The van der Waals surface area contributed by atoms with Gasteiger partial charge in [0, 0.05) is 5.69 Å². The van der Waals surface area contributed by atoms with Crippen molar-refractivity contribution in [1.29, 1.82) is 0 Å². The average Bonchev–Trinajstić information content (AvgIpc) is 2.69. The number of aliphatic carboxylic acids is 1. The third-order valence-electron chi connectivity index (χ3n) is 3.07. The number of hydrogen-bond donors (Lipinski definition) is 2. The van der Waals surface area contributed by atoms with Gasteiger partial charge in [-0.05, 0) is 29.7 Å². The Labute approximate surface area is 105 Å². The van der Waals surface area contributed by atoms with Gasteiger partial charge in [-0.25, -0.2) is 0 Å². The number of amides is 1. The standard InChI is InChI=1S/C13H15NO4/c1-7(13(16)17)3-8-4-10(18-2)5-9-6-11(15)14-12(8)9/h4-5,7H,3,6H2,1-2H3,(H,14,15)(H,16,17). The molecular formula is C13H15NO4. The van der Waals surface area contributed by atoms with Gasteiger partial charge in [-0.2, -0.15) is 0 Å². The largest absolute Gasteiger partial charge is 0.497 e. The Kier molecular flexibility index (Phi) is 3.23. The van der Waals surface area contributed by atoms with Crippen LogP contribution < -0.4 is 10.1 Å². The first-order chi connectivity index (χ1) is 8.51. The molecule has 1 aliphatic heterocycles. The maximum atomic E-state index is 11.4. The van der Waals surface area contributed by atoms with Crippen molar-refractivity contribution in [2.24, 2.45) is 5.92 Å². The lowest BCUT2D eigenvalue weighted by Crippen LogP contribution is -2.13. The summed E-state index contributed by atoms with van der Waals surface area (Å²) in [4.78, 5) is 22.3. The molecule has 1 heterocycles. The van der Waals surface area contributed by atoms with Crippen LogP contribution in [0.25, 0.3) is 0 Å². The Bertz CT molecular complexity index is 510. The summed E-state index contributed by atoms with van der Waals surface area (Å²) in [6, 6.07) is 3.59. The van der Waals surface area contributed by atoms with Gasteiger partial charge in [-0.1, -0.05) is 6.92 Å². The second-order valence-corrected chi connectivity index (χ2v) is 4.49. The number of methoxy groups -OCH3 is 1. The van der Waals surface area contributed by atoms with E-state index in [-0.39, 0.29) is 5.91 Å². The van der Waals surface area contributed by atoms with Crippen molar-refractivity contribution in [3.63, 3.8) is 0 Å². The number of ether oxygens (including phenoxy) is 1. The number of anilines is 1. The second-order valence-electron chi connectivity index (χ2n) is 4.49. The molecule has 2 N–H and O–H groups in total. The van der Waals surface area contributed by atoms with Gasteiger partial charge in [-0.3, -0.25) is 9.59 Å². The van der Waals surface area contributed by atoms with E-state index in [0.717, 1.165) is 16.8 Å². The molecule has 1 atom stereocenters. The topological polar surface area (TPSA) is 75.6 Å². The number of carboxylic acid groups (broad SMARTS) is 1. The Balaban J connectivity index is 2.37.